The molecule has 0 bridgehead atoms. The normalized spacial score (nSPS) is 18.1. The number of anilines is 2. The van der Waals surface area contributed by atoms with Crippen LogP contribution in [0, 0.1) is 0 Å². The molecule has 0 N–H and O–H groups in total. The van der Waals surface area contributed by atoms with Gasteiger partial charge in [-0.3, -0.25) is 14.2 Å². The Bertz CT molecular complexity index is 1110. The van der Waals surface area contributed by atoms with Crippen molar-refractivity contribution in [3.63, 3.8) is 0 Å². The molecule has 2 aliphatic rings. The van der Waals surface area contributed by atoms with Gasteiger partial charge in [-0.15, -0.1) is 0 Å². The third-order valence-corrected chi connectivity index (χ3v) is 6.27. The van der Waals surface area contributed by atoms with Crippen molar-refractivity contribution >= 4 is 17.4 Å². The summed E-state index contributed by atoms with van der Waals surface area (Å²) < 4.78 is 3.83. The van der Waals surface area contributed by atoms with Gasteiger partial charge in [0.25, 0.3) is 0 Å². The number of amides is 1. The maximum absolute atomic E-state index is 12.0. The number of nitrogens with zero attached hydrogens (tertiary/aromatic N) is 6. The van der Waals surface area contributed by atoms with Crippen LogP contribution in [0.1, 0.15) is 36.6 Å². The predicted molar refractivity (Wildman–Crippen MR) is 112 cm³/mol. The fourth-order valence-electron chi connectivity index (χ4n) is 4.67. The second-order valence-corrected chi connectivity index (χ2v) is 8.25. The number of hydrogen-bond acceptors (Lipinski definition) is 4. The van der Waals surface area contributed by atoms with Crippen molar-refractivity contribution in [3.05, 3.63) is 47.4 Å². The Kier molecular flexibility index (Phi) is 4.01. The lowest BCUT2D eigenvalue weighted by molar-refractivity contribution is -0.129. The lowest BCUT2D eigenvalue weighted by atomic mass is 9.99. The highest BCUT2D eigenvalue weighted by molar-refractivity contribution is 5.77. The largest absolute Gasteiger partial charge is 0.338 e. The summed E-state index contributed by atoms with van der Waals surface area (Å²) in [6, 6.07) is 6.65. The first-order valence-electron chi connectivity index (χ1n) is 10.1. The predicted octanol–water partition coefficient (Wildman–Crippen LogP) is 2.98. The third kappa shape index (κ3) is 2.84. The second kappa shape index (κ2) is 6.47. The van der Waals surface area contributed by atoms with E-state index < -0.39 is 0 Å². The summed E-state index contributed by atoms with van der Waals surface area (Å²) in [6.45, 7) is 6.22. The van der Waals surface area contributed by atoms with Crippen molar-refractivity contribution in [1.29, 1.82) is 0 Å². The Balaban J connectivity index is 1.55. The number of rotatable bonds is 2. The maximum Gasteiger partial charge on any atom is 0.219 e. The first-order chi connectivity index (χ1) is 13.9. The summed E-state index contributed by atoms with van der Waals surface area (Å²) in [6.07, 6.45) is 4.81. The van der Waals surface area contributed by atoms with Crippen molar-refractivity contribution in [2.75, 3.05) is 18.0 Å². The topological polar surface area (TPSA) is 59.2 Å². The molecule has 29 heavy (non-hydrogen) atoms. The molecule has 4 heterocycles. The first kappa shape index (κ1) is 18.0. The van der Waals surface area contributed by atoms with E-state index in [0.29, 0.717) is 12.5 Å². The Labute approximate surface area is 170 Å². The van der Waals surface area contributed by atoms with Crippen molar-refractivity contribution < 1.29 is 4.79 Å². The van der Waals surface area contributed by atoms with Gasteiger partial charge in [-0.05, 0) is 23.3 Å². The molecule has 0 spiro atoms. The SMILES string of the molecule is CC(=O)N1CCc2c(c(N3C[C@H](C)c4cc(-c5cnn(C)c5)ccc43)nn2C)C1. The zero-order valence-corrected chi connectivity index (χ0v) is 17.4. The summed E-state index contributed by atoms with van der Waals surface area (Å²) in [4.78, 5) is 16.2. The van der Waals surface area contributed by atoms with E-state index in [0.717, 1.165) is 30.9 Å². The van der Waals surface area contributed by atoms with Crippen LogP contribution in [0.5, 0.6) is 0 Å². The van der Waals surface area contributed by atoms with E-state index in [1.807, 2.05) is 40.8 Å². The Hall–Kier alpha value is -3.09. The van der Waals surface area contributed by atoms with E-state index in [2.05, 4.69) is 35.1 Å². The van der Waals surface area contributed by atoms with Crippen LogP contribution in [-0.4, -0.2) is 43.5 Å². The fraction of sp³-hybridized carbons (Fsp3) is 0.409. The molecule has 7 nitrogen and oxygen atoms in total. The Morgan fingerprint density at radius 3 is 2.76 bits per heavy atom. The van der Waals surface area contributed by atoms with Gasteiger partial charge in [-0.2, -0.15) is 10.2 Å². The highest BCUT2D eigenvalue weighted by Gasteiger charge is 2.33. The number of carbonyl (C=O) groups excluding carboxylic acids is 1. The smallest absolute Gasteiger partial charge is 0.219 e. The average molecular weight is 390 g/mol. The lowest BCUT2D eigenvalue weighted by Gasteiger charge is -2.28. The van der Waals surface area contributed by atoms with E-state index in [1.165, 1.54) is 28.1 Å². The summed E-state index contributed by atoms with van der Waals surface area (Å²) in [7, 11) is 3.95. The van der Waals surface area contributed by atoms with Gasteiger partial charge in [0, 0.05) is 75.2 Å². The number of aromatic nitrogens is 4. The monoisotopic (exact) mass is 390 g/mol. The van der Waals surface area contributed by atoms with Gasteiger partial charge >= 0.3 is 0 Å². The summed E-state index contributed by atoms with van der Waals surface area (Å²) >= 11 is 0. The second-order valence-electron chi connectivity index (χ2n) is 8.25. The van der Waals surface area contributed by atoms with Crippen molar-refractivity contribution in [2.45, 2.75) is 32.7 Å². The molecule has 3 aromatic rings. The van der Waals surface area contributed by atoms with Gasteiger partial charge < -0.3 is 9.80 Å². The highest BCUT2D eigenvalue weighted by Crippen LogP contribution is 2.44. The molecule has 1 atom stereocenters. The number of benzene rings is 1. The maximum atomic E-state index is 12.0. The van der Waals surface area contributed by atoms with Gasteiger partial charge in [-0.25, -0.2) is 0 Å². The Morgan fingerprint density at radius 2 is 2.03 bits per heavy atom. The minimum Gasteiger partial charge on any atom is -0.338 e. The van der Waals surface area contributed by atoms with Crippen LogP contribution in [-0.2, 0) is 31.9 Å². The third-order valence-electron chi connectivity index (χ3n) is 6.27. The molecule has 1 amide bonds. The Morgan fingerprint density at radius 1 is 1.21 bits per heavy atom. The molecule has 0 saturated heterocycles. The molecule has 2 aliphatic heterocycles. The van der Waals surface area contributed by atoms with Crippen LogP contribution in [0.2, 0.25) is 0 Å². The summed E-state index contributed by atoms with van der Waals surface area (Å²) in [5.74, 6) is 1.53. The summed E-state index contributed by atoms with van der Waals surface area (Å²) in [5.41, 5.74) is 7.30. The van der Waals surface area contributed by atoms with Crippen LogP contribution < -0.4 is 4.90 Å². The molecule has 0 unspecified atom stereocenters. The highest BCUT2D eigenvalue weighted by atomic mass is 16.2. The van der Waals surface area contributed by atoms with Crippen LogP contribution in [0.4, 0.5) is 11.5 Å². The summed E-state index contributed by atoms with van der Waals surface area (Å²) in [5, 5.41) is 9.18. The molecule has 1 aromatic carbocycles. The fourth-order valence-corrected chi connectivity index (χ4v) is 4.67. The number of carbonyl (C=O) groups is 1. The minimum absolute atomic E-state index is 0.127. The van der Waals surface area contributed by atoms with E-state index in [-0.39, 0.29) is 5.91 Å². The van der Waals surface area contributed by atoms with Crippen LogP contribution in [0.25, 0.3) is 11.1 Å². The lowest BCUT2D eigenvalue weighted by Crippen LogP contribution is -2.35. The van der Waals surface area contributed by atoms with Crippen LogP contribution >= 0.6 is 0 Å². The van der Waals surface area contributed by atoms with Gasteiger partial charge in [0.2, 0.25) is 5.91 Å². The zero-order chi connectivity index (χ0) is 20.3. The average Bonchev–Trinajstić information content (AvgIpc) is 3.37. The molecular formula is C22H26N6O. The van der Waals surface area contributed by atoms with Crippen LogP contribution in [0.3, 0.4) is 0 Å². The van der Waals surface area contributed by atoms with Gasteiger partial charge in [0.15, 0.2) is 5.82 Å². The quantitative estimate of drug-likeness (QED) is 0.675. The number of hydrogen-bond donors (Lipinski definition) is 0. The van der Waals surface area contributed by atoms with E-state index in [4.69, 9.17) is 5.10 Å². The molecule has 150 valence electrons. The first-order valence-corrected chi connectivity index (χ1v) is 10.1. The number of aryl methyl sites for hydroxylation is 2. The van der Waals surface area contributed by atoms with Crippen molar-refractivity contribution in [1.82, 2.24) is 24.5 Å². The molecule has 0 saturated carbocycles. The molecule has 0 fully saturated rings. The number of fused-ring (bicyclic) bond motifs is 2. The molecule has 7 heteroatoms. The van der Waals surface area contributed by atoms with Crippen molar-refractivity contribution in [3.8, 4) is 11.1 Å². The molecule has 2 aromatic heterocycles. The molecule has 0 radical (unpaired) electrons. The molecule has 0 aliphatic carbocycles. The van der Waals surface area contributed by atoms with Crippen molar-refractivity contribution in [2.24, 2.45) is 14.1 Å². The standard InChI is InChI=1S/C22H26N6O/c1-14-11-28(21-6-5-16(9-18(14)21)17-10-23-25(3)12-17)22-19-13-27(15(2)29)8-7-20(19)26(4)24-22/h5-6,9-10,12,14H,7-8,11,13H2,1-4H3/t14-/m0/s1. The minimum atomic E-state index is 0.127. The van der Waals surface area contributed by atoms with Crippen LogP contribution in [0.15, 0.2) is 30.6 Å². The molecular weight excluding hydrogens is 364 g/mol. The van der Waals surface area contributed by atoms with E-state index >= 15 is 0 Å². The molecule has 5 rings (SSSR count). The zero-order valence-electron chi connectivity index (χ0n) is 17.4. The van der Waals surface area contributed by atoms with Gasteiger partial charge in [0.1, 0.15) is 0 Å². The van der Waals surface area contributed by atoms with Gasteiger partial charge in [0.05, 0.1) is 12.7 Å². The van der Waals surface area contributed by atoms with E-state index in [9.17, 15) is 4.79 Å². The van der Waals surface area contributed by atoms with Gasteiger partial charge in [-0.1, -0.05) is 13.0 Å². The van der Waals surface area contributed by atoms with E-state index in [1.54, 1.807) is 6.92 Å².